The molecule has 0 aliphatic rings. The van der Waals surface area contributed by atoms with E-state index < -0.39 is 5.91 Å². The third-order valence-corrected chi connectivity index (χ3v) is 4.15. The van der Waals surface area contributed by atoms with Crippen molar-refractivity contribution >= 4 is 35.8 Å². The summed E-state index contributed by atoms with van der Waals surface area (Å²) in [6.07, 6.45) is 0.839. The van der Waals surface area contributed by atoms with Gasteiger partial charge in [0.25, 0.3) is 5.91 Å². The van der Waals surface area contributed by atoms with E-state index in [-0.39, 0.29) is 30.6 Å². The fourth-order valence-corrected chi connectivity index (χ4v) is 2.69. The van der Waals surface area contributed by atoms with Gasteiger partial charge in [0.2, 0.25) is 0 Å². The minimum atomic E-state index is -0.488. The van der Waals surface area contributed by atoms with E-state index in [1.54, 1.807) is 14.2 Å². The maximum Gasteiger partial charge on any atom is 0.255 e. The predicted molar refractivity (Wildman–Crippen MR) is 126 cm³/mol. The van der Waals surface area contributed by atoms with Crippen LogP contribution in [0.5, 0.6) is 11.5 Å². The molecule has 0 aliphatic heterocycles. The Morgan fingerprint density at radius 1 is 1.07 bits per heavy atom. The first-order chi connectivity index (χ1) is 13.5. The molecule has 7 nitrogen and oxygen atoms in total. The maximum atomic E-state index is 10.7. The van der Waals surface area contributed by atoms with Crippen LogP contribution in [0.4, 0.5) is 0 Å². The van der Waals surface area contributed by atoms with E-state index in [0.29, 0.717) is 5.75 Å². The Kier molecular flexibility index (Phi) is 10.9. The smallest absolute Gasteiger partial charge is 0.255 e. The molecule has 0 saturated heterocycles. The van der Waals surface area contributed by atoms with Crippen molar-refractivity contribution in [3.05, 3.63) is 59.7 Å². The van der Waals surface area contributed by atoms with Crippen molar-refractivity contribution in [2.45, 2.75) is 13.0 Å². The topological polar surface area (TPSA) is 89.2 Å². The van der Waals surface area contributed by atoms with Crippen molar-refractivity contribution in [1.29, 1.82) is 0 Å². The number of guanidine groups is 1. The van der Waals surface area contributed by atoms with Gasteiger partial charge in [-0.2, -0.15) is 0 Å². The number of hydrogen-bond donors (Lipinski definition) is 2. The normalized spacial score (nSPS) is 10.7. The van der Waals surface area contributed by atoms with E-state index in [0.717, 1.165) is 36.8 Å². The molecule has 0 aliphatic carbocycles. The number of nitrogens with two attached hydrogens (primary N) is 1. The van der Waals surface area contributed by atoms with Crippen molar-refractivity contribution in [2.24, 2.45) is 10.7 Å². The zero-order valence-corrected chi connectivity index (χ0v) is 19.4. The number of ether oxygens (including phenoxy) is 2. The number of benzene rings is 2. The number of nitrogens with one attached hydrogen (secondary N) is 1. The summed E-state index contributed by atoms with van der Waals surface area (Å²) >= 11 is 0. The molecule has 0 bridgehead atoms. The zero-order valence-electron chi connectivity index (χ0n) is 17.1. The van der Waals surface area contributed by atoms with E-state index in [1.165, 1.54) is 5.56 Å². The molecule has 158 valence electrons. The molecule has 0 fully saturated rings. The number of amides is 1. The van der Waals surface area contributed by atoms with Gasteiger partial charge in [0, 0.05) is 27.2 Å². The minimum absolute atomic E-state index is 0. The molecule has 0 atom stereocenters. The van der Waals surface area contributed by atoms with Gasteiger partial charge in [0.15, 0.2) is 12.6 Å². The number of primary amides is 1. The number of carbonyl (C=O) groups is 1. The Labute approximate surface area is 189 Å². The Bertz CT molecular complexity index is 780. The molecule has 1 amide bonds. The summed E-state index contributed by atoms with van der Waals surface area (Å²) in [6.45, 7) is 1.38. The van der Waals surface area contributed by atoms with Crippen LogP contribution in [0.3, 0.4) is 0 Å². The molecule has 0 spiro atoms. The Morgan fingerprint density at radius 2 is 1.66 bits per heavy atom. The molecule has 0 unspecified atom stereocenters. The quantitative estimate of drug-likeness (QED) is 0.306. The fourth-order valence-electron chi connectivity index (χ4n) is 2.69. The number of nitrogens with zero attached hydrogens (tertiary/aromatic N) is 2. The second kappa shape index (κ2) is 12.9. The Morgan fingerprint density at radius 3 is 2.21 bits per heavy atom. The maximum absolute atomic E-state index is 10.7. The summed E-state index contributed by atoms with van der Waals surface area (Å²) in [5, 5.41) is 3.37. The summed E-state index contributed by atoms with van der Waals surface area (Å²) in [5.74, 6) is 1.82. The van der Waals surface area contributed by atoms with E-state index in [2.05, 4.69) is 15.2 Å². The highest BCUT2D eigenvalue weighted by Crippen LogP contribution is 2.13. The fraction of sp³-hybridized carbons (Fsp3) is 0.333. The third kappa shape index (κ3) is 8.59. The molecule has 3 N–H and O–H groups in total. The van der Waals surface area contributed by atoms with Gasteiger partial charge in [-0.05, 0) is 41.8 Å². The number of rotatable bonds is 9. The minimum Gasteiger partial charge on any atom is -0.497 e. The van der Waals surface area contributed by atoms with Crippen LogP contribution in [0.1, 0.15) is 11.1 Å². The van der Waals surface area contributed by atoms with Crippen LogP contribution in [-0.4, -0.2) is 51.1 Å². The highest BCUT2D eigenvalue weighted by atomic mass is 127. The molecular weight excluding hydrogens is 483 g/mol. The first kappa shape index (κ1) is 24.5. The van der Waals surface area contributed by atoms with Crippen molar-refractivity contribution in [2.75, 3.05) is 34.4 Å². The molecule has 0 saturated carbocycles. The van der Waals surface area contributed by atoms with Gasteiger partial charge in [-0.25, -0.2) is 0 Å². The van der Waals surface area contributed by atoms with Gasteiger partial charge >= 0.3 is 0 Å². The highest BCUT2D eigenvalue weighted by molar-refractivity contribution is 14.0. The van der Waals surface area contributed by atoms with E-state index in [1.807, 2.05) is 55.6 Å². The summed E-state index contributed by atoms with van der Waals surface area (Å²) in [4.78, 5) is 17.2. The molecule has 0 aromatic heterocycles. The lowest BCUT2D eigenvalue weighted by atomic mass is 10.1. The van der Waals surface area contributed by atoms with Crippen LogP contribution in [0.25, 0.3) is 0 Å². The summed E-state index contributed by atoms with van der Waals surface area (Å²) in [5.41, 5.74) is 7.41. The van der Waals surface area contributed by atoms with E-state index in [9.17, 15) is 4.79 Å². The predicted octanol–water partition coefficient (Wildman–Crippen LogP) is 2.43. The van der Waals surface area contributed by atoms with Gasteiger partial charge in [-0.15, -0.1) is 24.0 Å². The lowest BCUT2D eigenvalue weighted by Gasteiger charge is -2.22. The highest BCUT2D eigenvalue weighted by Gasteiger charge is 2.07. The first-order valence-electron chi connectivity index (χ1n) is 9.06. The standard InChI is InChI=1S/C21H28N4O3.HI/c1-23-21(25(2)14-17-6-8-18(27-3)9-7-17)24-13-12-16-4-10-19(11-5-16)28-15-20(22)26;/h4-11H,12-15H2,1-3H3,(H2,22,26)(H,23,24);1H. The molecule has 2 aromatic rings. The second-order valence-corrected chi connectivity index (χ2v) is 6.33. The average Bonchev–Trinajstić information content (AvgIpc) is 2.71. The number of carbonyl (C=O) groups excluding carboxylic acids is 1. The first-order valence-corrected chi connectivity index (χ1v) is 9.06. The van der Waals surface area contributed by atoms with Crippen molar-refractivity contribution < 1.29 is 14.3 Å². The van der Waals surface area contributed by atoms with Crippen molar-refractivity contribution in [3.63, 3.8) is 0 Å². The summed E-state index contributed by atoms with van der Waals surface area (Å²) in [7, 11) is 5.44. The Balaban J connectivity index is 0.00000420. The van der Waals surface area contributed by atoms with Crippen molar-refractivity contribution in [3.8, 4) is 11.5 Å². The molecule has 29 heavy (non-hydrogen) atoms. The van der Waals surface area contributed by atoms with Gasteiger partial charge < -0.3 is 25.4 Å². The molecular formula is C21H29IN4O3. The monoisotopic (exact) mass is 512 g/mol. The van der Waals surface area contributed by atoms with Crippen LogP contribution >= 0.6 is 24.0 Å². The number of halogens is 1. The second-order valence-electron chi connectivity index (χ2n) is 6.33. The summed E-state index contributed by atoms with van der Waals surface area (Å²) < 4.78 is 10.5. The largest absolute Gasteiger partial charge is 0.497 e. The van der Waals surface area contributed by atoms with Crippen LogP contribution in [-0.2, 0) is 17.8 Å². The van der Waals surface area contributed by atoms with Gasteiger partial charge in [-0.3, -0.25) is 9.79 Å². The summed E-state index contributed by atoms with van der Waals surface area (Å²) in [6, 6.07) is 15.6. The van der Waals surface area contributed by atoms with E-state index >= 15 is 0 Å². The molecule has 2 aromatic carbocycles. The van der Waals surface area contributed by atoms with Gasteiger partial charge in [0.1, 0.15) is 11.5 Å². The SMILES string of the molecule is CN=C(NCCc1ccc(OCC(N)=O)cc1)N(C)Cc1ccc(OC)cc1.I. The molecule has 8 heteroatoms. The van der Waals surface area contributed by atoms with Gasteiger partial charge in [0.05, 0.1) is 7.11 Å². The van der Waals surface area contributed by atoms with Crippen LogP contribution < -0.4 is 20.5 Å². The van der Waals surface area contributed by atoms with Crippen molar-refractivity contribution in [1.82, 2.24) is 10.2 Å². The van der Waals surface area contributed by atoms with Crippen LogP contribution in [0.2, 0.25) is 0 Å². The zero-order chi connectivity index (χ0) is 20.4. The van der Waals surface area contributed by atoms with E-state index in [4.69, 9.17) is 15.2 Å². The number of aliphatic imine (C=N–C) groups is 1. The lowest BCUT2D eigenvalue weighted by Crippen LogP contribution is -2.39. The number of hydrogen-bond acceptors (Lipinski definition) is 4. The van der Waals surface area contributed by atoms with Crippen LogP contribution in [0.15, 0.2) is 53.5 Å². The van der Waals surface area contributed by atoms with Crippen LogP contribution in [0, 0.1) is 0 Å². The molecule has 2 rings (SSSR count). The number of methoxy groups -OCH3 is 1. The molecule has 0 heterocycles. The third-order valence-electron chi connectivity index (χ3n) is 4.15. The lowest BCUT2D eigenvalue weighted by molar-refractivity contribution is -0.119. The average molecular weight is 512 g/mol. The molecule has 0 radical (unpaired) electrons. The Hall–Kier alpha value is -2.49. The van der Waals surface area contributed by atoms with Gasteiger partial charge in [-0.1, -0.05) is 24.3 Å².